The van der Waals surface area contributed by atoms with Gasteiger partial charge in [0.15, 0.2) is 0 Å². The largest absolute Gasteiger partial charge is 0.322 e. The minimum Gasteiger partial charge on any atom is -0.322 e. The first-order valence-electron chi connectivity index (χ1n) is 6.11. The van der Waals surface area contributed by atoms with E-state index in [0.717, 1.165) is 11.4 Å². The molecule has 0 atom stereocenters. The fourth-order valence-corrected chi connectivity index (χ4v) is 2.36. The van der Waals surface area contributed by atoms with Crippen molar-refractivity contribution in [1.29, 1.82) is 0 Å². The van der Waals surface area contributed by atoms with E-state index in [2.05, 4.69) is 10.7 Å². The molecule has 1 heterocycles. The smallest absolute Gasteiger partial charge is 0.245 e. The van der Waals surface area contributed by atoms with Gasteiger partial charge in [0.05, 0.1) is 15.7 Å². The van der Waals surface area contributed by atoms with Crippen molar-refractivity contribution in [3.05, 3.63) is 51.8 Å². The summed E-state index contributed by atoms with van der Waals surface area (Å²) in [5, 5.41) is 3.53. The topological polar surface area (TPSA) is 46.1 Å². The van der Waals surface area contributed by atoms with E-state index in [4.69, 9.17) is 23.2 Å². The quantitative estimate of drug-likeness (QED) is 0.906. The zero-order valence-electron chi connectivity index (χ0n) is 11.2. The molecule has 2 aromatic rings. The number of hydrogen-bond acceptors (Lipinski definition) is 2. The number of carbonyl (C=O) groups excluding carboxylic acids is 1. The van der Waals surface area contributed by atoms with Gasteiger partial charge in [-0.3, -0.25) is 9.47 Å². The lowest BCUT2D eigenvalue weighted by atomic mass is 10.3. The number of hydrogen-bond donors (Lipinski definition) is 2. The first-order chi connectivity index (χ1) is 9.49. The predicted molar refractivity (Wildman–Crippen MR) is 83.2 cm³/mol. The Bertz CT molecular complexity index is 598. The van der Waals surface area contributed by atoms with Crippen molar-refractivity contribution in [2.75, 3.05) is 17.3 Å². The molecule has 106 valence electrons. The summed E-state index contributed by atoms with van der Waals surface area (Å²) in [5.74, 6) is -0.215. The fourth-order valence-electron chi connectivity index (χ4n) is 1.87. The molecule has 0 aliphatic heterocycles. The van der Waals surface area contributed by atoms with Gasteiger partial charge in [0.2, 0.25) is 5.91 Å². The normalized spacial score (nSPS) is 10.4. The number of carbonyl (C=O) groups is 1. The average molecular weight is 312 g/mol. The molecular formula is C14H15Cl2N3O. The molecule has 1 aromatic carbocycles. The summed E-state index contributed by atoms with van der Waals surface area (Å²) in [6, 6.07) is 9.04. The number of halogens is 2. The van der Waals surface area contributed by atoms with Crippen molar-refractivity contribution in [3.8, 4) is 0 Å². The summed E-state index contributed by atoms with van der Waals surface area (Å²) in [6.45, 7) is 4.05. The summed E-state index contributed by atoms with van der Waals surface area (Å²) >= 11 is 12.0. The van der Waals surface area contributed by atoms with Gasteiger partial charge >= 0.3 is 0 Å². The van der Waals surface area contributed by atoms with E-state index < -0.39 is 0 Å². The fraction of sp³-hybridized carbons (Fsp3) is 0.214. The molecule has 0 saturated heterocycles. The zero-order valence-corrected chi connectivity index (χ0v) is 12.7. The summed E-state index contributed by atoms with van der Waals surface area (Å²) in [5.41, 5.74) is 5.54. The van der Waals surface area contributed by atoms with E-state index in [1.54, 1.807) is 18.2 Å². The minimum atomic E-state index is -0.215. The van der Waals surface area contributed by atoms with Crippen LogP contribution in [0.2, 0.25) is 10.0 Å². The van der Waals surface area contributed by atoms with Gasteiger partial charge in [-0.25, -0.2) is 0 Å². The van der Waals surface area contributed by atoms with Crippen molar-refractivity contribution in [3.63, 3.8) is 0 Å². The Balaban J connectivity index is 2.00. The molecule has 4 nitrogen and oxygen atoms in total. The Labute approximate surface area is 127 Å². The molecule has 1 amide bonds. The van der Waals surface area contributed by atoms with Gasteiger partial charge in [-0.1, -0.05) is 29.3 Å². The number of aromatic nitrogens is 1. The van der Waals surface area contributed by atoms with Crippen LogP contribution in [0.25, 0.3) is 0 Å². The maximum absolute atomic E-state index is 11.9. The summed E-state index contributed by atoms with van der Waals surface area (Å²) in [6.07, 6.45) is 0. The number of nitrogens with one attached hydrogen (secondary N) is 2. The molecule has 0 aliphatic rings. The van der Waals surface area contributed by atoms with E-state index in [9.17, 15) is 4.79 Å². The molecule has 2 rings (SSSR count). The Hall–Kier alpha value is -1.65. The molecule has 2 N–H and O–H groups in total. The monoisotopic (exact) mass is 311 g/mol. The zero-order chi connectivity index (χ0) is 14.7. The van der Waals surface area contributed by atoms with Crippen molar-refractivity contribution in [1.82, 2.24) is 4.68 Å². The molecular weight excluding hydrogens is 297 g/mol. The summed E-state index contributed by atoms with van der Waals surface area (Å²) < 4.78 is 1.85. The molecule has 0 aliphatic carbocycles. The Morgan fingerprint density at radius 2 is 1.65 bits per heavy atom. The molecule has 0 unspecified atom stereocenters. The molecule has 0 radical (unpaired) electrons. The maximum Gasteiger partial charge on any atom is 0.245 e. The number of nitrogens with zero attached hydrogens (tertiary/aromatic N) is 1. The van der Waals surface area contributed by atoms with Gasteiger partial charge in [0.1, 0.15) is 6.54 Å². The lowest BCUT2D eigenvalue weighted by Crippen LogP contribution is -2.28. The highest BCUT2D eigenvalue weighted by Crippen LogP contribution is 2.29. The maximum atomic E-state index is 11.9. The highest BCUT2D eigenvalue weighted by molar-refractivity contribution is 6.39. The van der Waals surface area contributed by atoms with E-state index in [0.29, 0.717) is 15.7 Å². The third-order valence-electron chi connectivity index (χ3n) is 2.90. The molecule has 0 spiro atoms. The predicted octanol–water partition coefficient (Wildman–Crippen LogP) is 3.59. The van der Waals surface area contributed by atoms with E-state index in [1.807, 2.05) is 30.7 Å². The van der Waals surface area contributed by atoms with E-state index in [1.165, 1.54) is 0 Å². The van der Waals surface area contributed by atoms with Crippen LogP contribution in [0.1, 0.15) is 11.4 Å². The van der Waals surface area contributed by atoms with Crippen LogP contribution in [0.5, 0.6) is 0 Å². The second kappa shape index (κ2) is 6.20. The van der Waals surface area contributed by atoms with Gasteiger partial charge in [-0.15, -0.1) is 0 Å². The third-order valence-corrected chi connectivity index (χ3v) is 3.53. The van der Waals surface area contributed by atoms with Crippen molar-refractivity contribution in [2.45, 2.75) is 13.8 Å². The van der Waals surface area contributed by atoms with Crippen LogP contribution < -0.4 is 10.7 Å². The van der Waals surface area contributed by atoms with Gasteiger partial charge < -0.3 is 10.7 Å². The van der Waals surface area contributed by atoms with Crippen LogP contribution in [0, 0.1) is 13.8 Å². The molecule has 1 aromatic heterocycles. The summed E-state index contributed by atoms with van der Waals surface area (Å²) in [7, 11) is 0. The van der Waals surface area contributed by atoms with Crippen LogP contribution in [-0.4, -0.2) is 17.1 Å². The van der Waals surface area contributed by atoms with Gasteiger partial charge in [0.25, 0.3) is 0 Å². The van der Waals surface area contributed by atoms with Gasteiger partial charge in [-0.05, 0) is 38.1 Å². The van der Waals surface area contributed by atoms with Gasteiger partial charge in [0, 0.05) is 11.4 Å². The molecule has 20 heavy (non-hydrogen) atoms. The number of anilines is 1. The Morgan fingerprint density at radius 3 is 2.20 bits per heavy atom. The second-order valence-corrected chi connectivity index (χ2v) is 5.25. The van der Waals surface area contributed by atoms with Crippen LogP contribution in [-0.2, 0) is 4.79 Å². The van der Waals surface area contributed by atoms with Crippen molar-refractivity contribution in [2.24, 2.45) is 0 Å². The number of rotatable bonds is 4. The van der Waals surface area contributed by atoms with Crippen LogP contribution >= 0.6 is 23.2 Å². The Morgan fingerprint density at radius 1 is 1.10 bits per heavy atom. The number of aryl methyl sites for hydroxylation is 2. The molecule has 0 saturated carbocycles. The first kappa shape index (κ1) is 14.8. The van der Waals surface area contributed by atoms with Crippen LogP contribution in [0.15, 0.2) is 30.3 Å². The standard InChI is InChI=1S/C14H15Cl2N3O/c1-9-6-7-10(2)19(9)17-8-13(20)18-14-11(15)4-3-5-12(14)16/h3-7,17H,8H2,1-2H3,(H,18,20). The number of benzene rings is 1. The van der Waals surface area contributed by atoms with Gasteiger partial charge in [-0.2, -0.15) is 0 Å². The SMILES string of the molecule is Cc1ccc(C)n1NCC(=O)Nc1c(Cl)cccc1Cl. The highest BCUT2D eigenvalue weighted by atomic mass is 35.5. The first-order valence-corrected chi connectivity index (χ1v) is 6.87. The highest BCUT2D eigenvalue weighted by Gasteiger charge is 2.10. The molecule has 6 heteroatoms. The van der Waals surface area contributed by atoms with Crippen LogP contribution in [0.4, 0.5) is 5.69 Å². The minimum absolute atomic E-state index is 0.123. The third kappa shape index (κ3) is 3.26. The summed E-state index contributed by atoms with van der Waals surface area (Å²) in [4.78, 5) is 11.9. The average Bonchev–Trinajstić information content (AvgIpc) is 2.71. The lowest BCUT2D eigenvalue weighted by molar-refractivity contribution is -0.114. The molecule has 0 bridgehead atoms. The van der Waals surface area contributed by atoms with E-state index >= 15 is 0 Å². The second-order valence-electron chi connectivity index (χ2n) is 4.43. The van der Waals surface area contributed by atoms with Crippen molar-refractivity contribution >= 4 is 34.8 Å². The number of para-hydroxylation sites is 1. The number of amides is 1. The lowest BCUT2D eigenvalue weighted by Gasteiger charge is -2.13. The molecule has 0 fully saturated rings. The van der Waals surface area contributed by atoms with Crippen molar-refractivity contribution < 1.29 is 4.79 Å². The van der Waals surface area contributed by atoms with Crippen LogP contribution in [0.3, 0.4) is 0 Å². The van der Waals surface area contributed by atoms with E-state index in [-0.39, 0.29) is 12.5 Å². The Kier molecular flexibility index (Phi) is 4.57.